The Kier molecular flexibility index (Phi) is 8.25. The molecule has 0 amide bonds. The normalized spacial score (nSPS) is 11.8. The highest BCUT2D eigenvalue weighted by Gasteiger charge is 2.27. The zero-order valence-corrected chi connectivity index (χ0v) is 9.61. The molecule has 0 aromatic heterocycles. The van der Waals surface area contributed by atoms with Crippen molar-refractivity contribution in [1.29, 1.82) is 0 Å². The second kappa shape index (κ2) is 8.56. The number of halogens is 3. The van der Waals surface area contributed by atoms with E-state index in [1.54, 1.807) is 0 Å². The Hall–Kier alpha value is -0.580. The minimum atomic E-state index is -4.35. The summed E-state index contributed by atoms with van der Waals surface area (Å²) < 4.78 is 39.2. The largest absolute Gasteiger partial charge is 0.411 e. The molecule has 0 saturated carbocycles. The van der Waals surface area contributed by atoms with Gasteiger partial charge in [0.2, 0.25) is 0 Å². The van der Waals surface area contributed by atoms with Crippen LogP contribution in [0.2, 0.25) is 0 Å². The molecule has 0 spiro atoms. The van der Waals surface area contributed by atoms with Crippen molar-refractivity contribution in [3.8, 4) is 0 Å². The predicted octanol–water partition coefficient (Wildman–Crippen LogP) is 3.49. The lowest BCUT2D eigenvalue weighted by Gasteiger charge is -2.06. The second-order valence-corrected chi connectivity index (χ2v) is 3.81. The van der Waals surface area contributed by atoms with Crippen molar-refractivity contribution in [2.45, 2.75) is 51.6 Å². The van der Waals surface area contributed by atoms with Crippen molar-refractivity contribution in [2.24, 2.45) is 0 Å². The van der Waals surface area contributed by atoms with Crippen LogP contribution in [0.4, 0.5) is 13.2 Å². The second-order valence-electron chi connectivity index (χ2n) is 3.81. The molecule has 0 bridgehead atoms. The fourth-order valence-electron chi connectivity index (χ4n) is 1.28. The van der Waals surface area contributed by atoms with Crippen molar-refractivity contribution in [1.82, 2.24) is 0 Å². The van der Waals surface area contributed by atoms with Gasteiger partial charge >= 0.3 is 6.18 Å². The molecule has 0 rings (SSSR count). The van der Waals surface area contributed by atoms with Gasteiger partial charge in [-0.15, -0.1) is 0 Å². The Bertz CT molecular complexity index is 190. The van der Waals surface area contributed by atoms with E-state index in [4.69, 9.17) is 0 Å². The van der Waals surface area contributed by atoms with Crippen LogP contribution in [0.1, 0.15) is 45.4 Å². The highest BCUT2D eigenvalue weighted by Crippen LogP contribution is 2.14. The van der Waals surface area contributed by atoms with Gasteiger partial charge in [0.15, 0.2) is 5.78 Å². The molecule has 0 aliphatic carbocycles. The average molecular weight is 240 g/mol. The van der Waals surface area contributed by atoms with Crippen molar-refractivity contribution in [3.63, 3.8) is 0 Å². The van der Waals surface area contributed by atoms with Crippen LogP contribution in [-0.4, -0.2) is 25.2 Å². The number of hydrogen-bond acceptors (Lipinski definition) is 2. The molecule has 5 heteroatoms. The topological polar surface area (TPSA) is 26.3 Å². The number of ether oxygens (including phenoxy) is 1. The van der Waals surface area contributed by atoms with Gasteiger partial charge in [0.25, 0.3) is 0 Å². The fraction of sp³-hybridized carbons (Fsp3) is 0.909. The van der Waals surface area contributed by atoms with E-state index in [0.29, 0.717) is 6.42 Å². The lowest BCUT2D eigenvalue weighted by molar-refractivity contribution is -0.175. The van der Waals surface area contributed by atoms with Crippen molar-refractivity contribution in [3.05, 3.63) is 0 Å². The molecule has 2 nitrogen and oxygen atoms in total. The molecule has 0 aromatic rings. The zero-order chi connectivity index (χ0) is 12.4. The quantitative estimate of drug-likeness (QED) is 0.576. The van der Waals surface area contributed by atoms with E-state index in [2.05, 4.69) is 11.7 Å². The molecule has 0 fully saturated rings. The molecule has 0 aromatic carbocycles. The summed E-state index contributed by atoms with van der Waals surface area (Å²) in [6, 6.07) is 0. The molecular formula is C11H19F3O2. The van der Waals surface area contributed by atoms with E-state index in [-0.39, 0.29) is 5.78 Å². The number of unbranched alkanes of at least 4 members (excludes halogenated alkanes) is 4. The predicted molar refractivity (Wildman–Crippen MR) is 55.3 cm³/mol. The maximum absolute atomic E-state index is 11.7. The van der Waals surface area contributed by atoms with Crippen LogP contribution in [0.5, 0.6) is 0 Å². The van der Waals surface area contributed by atoms with Crippen LogP contribution in [0.3, 0.4) is 0 Å². The zero-order valence-electron chi connectivity index (χ0n) is 9.61. The molecule has 16 heavy (non-hydrogen) atoms. The van der Waals surface area contributed by atoms with Crippen LogP contribution in [0, 0.1) is 0 Å². The first-order valence-corrected chi connectivity index (χ1v) is 5.62. The third kappa shape index (κ3) is 11.5. The summed E-state index contributed by atoms with van der Waals surface area (Å²) in [6.07, 6.45) is 1.02. The Balaban J connectivity index is 3.32. The lowest BCUT2D eigenvalue weighted by atomic mass is 10.1. The maximum atomic E-state index is 11.7. The Morgan fingerprint density at radius 2 is 1.75 bits per heavy atom. The molecule has 96 valence electrons. The van der Waals surface area contributed by atoms with Gasteiger partial charge in [0, 0.05) is 6.42 Å². The summed E-state index contributed by atoms with van der Waals surface area (Å²) in [7, 11) is 0. The van der Waals surface area contributed by atoms with Gasteiger partial charge in [-0.1, -0.05) is 32.6 Å². The summed E-state index contributed by atoms with van der Waals surface area (Å²) in [5, 5.41) is 0. The maximum Gasteiger partial charge on any atom is 0.411 e. The smallest absolute Gasteiger partial charge is 0.364 e. The number of hydrogen-bond donors (Lipinski definition) is 0. The molecule has 0 aliphatic rings. The monoisotopic (exact) mass is 240 g/mol. The first-order chi connectivity index (χ1) is 7.45. The van der Waals surface area contributed by atoms with Gasteiger partial charge in [-0.05, 0) is 6.42 Å². The van der Waals surface area contributed by atoms with Gasteiger partial charge in [-0.2, -0.15) is 13.2 Å². The van der Waals surface area contributed by atoms with Crippen molar-refractivity contribution in [2.75, 3.05) is 13.2 Å². The highest BCUT2D eigenvalue weighted by molar-refractivity contribution is 5.79. The van der Waals surface area contributed by atoms with E-state index >= 15 is 0 Å². The van der Waals surface area contributed by atoms with Crippen LogP contribution in [0.15, 0.2) is 0 Å². The number of rotatable bonds is 9. The van der Waals surface area contributed by atoms with Gasteiger partial charge < -0.3 is 4.74 Å². The third-order valence-corrected chi connectivity index (χ3v) is 2.09. The molecule has 0 saturated heterocycles. The fourth-order valence-corrected chi connectivity index (χ4v) is 1.28. The van der Waals surface area contributed by atoms with E-state index in [9.17, 15) is 18.0 Å². The van der Waals surface area contributed by atoms with Gasteiger partial charge in [-0.25, -0.2) is 0 Å². The molecule has 0 N–H and O–H groups in total. The molecule has 0 unspecified atom stereocenters. The number of Topliss-reactive ketones (excluding diaryl/α,β-unsaturated/α-hetero) is 1. The minimum absolute atomic E-state index is 0.249. The SMILES string of the molecule is CCCCCCCC(=O)COCC(F)(F)F. The first kappa shape index (κ1) is 15.4. The van der Waals surface area contributed by atoms with Crippen molar-refractivity contribution >= 4 is 5.78 Å². The summed E-state index contributed by atoms with van der Waals surface area (Å²) in [4.78, 5) is 11.1. The minimum Gasteiger partial charge on any atom is -0.364 e. The molecular weight excluding hydrogens is 221 g/mol. The Labute approximate surface area is 94.2 Å². The van der Waals surface area contributed by atoms with E-state index in [0.717, 1.165) is 32.1 Å². The van der Waals surface area contributed by atoms with Crippen molar-refractivity contribution < 1.29 is 22.7 Å². The van der Waals surface area contributed by atoms with Crippen LogP contribution < -0.4 is 0 Å². The molecule has 0 radical (unpaired) electrons. The molecule has 0 aliphatic heterocycles. The lowest BCUT2D eigenvalue weighted by Crippen LogP contribution is -2.20. The highest BCUT2D eigenvalue weighted by atomic mass is 19.4. The summed E-state index contributed by atoms with van der Waals surface area (Å²) in [5.41, 5.74) is 0. The van der Waals surface area contributed by atoms with Gasteiger partial charge in [-0.3, -0.25) is 4.79 Å². The van der Waals surface area contributed by atoms with Gasteiger partial charge in [0.05, 0.1) is 0 Å². The summed E-state index contributed by atoms with van der Waals surface area (Å²) in [5.74, 6) is -0.249. The first-order valence-electron chi connectivity index (χ1n) is 5.62. The number of carbonyl (C=O) groups is 1. The third-order valence-electron chi connectivity index (χ3n) is 2.09. The van der Waals surface area contributed by atoms with E-state index in [1.165, 1.54) is 0 Å². The van der Waals surface area contributed by atoms with Gasteiger partial charge in [0.1, 0.15) is 13.2 Å². The van der Waals surface area contributed by atoms with Crippen LogP contribution in [0.25, 0.3) is 0 Å². The Morgan fingerprint density at radius 3 is 2.31 bits per heavy atom. The van der Waals surface area contributed by atoms with Crippen LogP contribution in [-0.2, 0) is 9.53 Å². The van der Waals surface area contributed by atoms with E-state index < -0.39 is 19.4 Å². The number of carbonyl (C=O) groups excluding carboxylic acids is 1. The number of alkyl halides is 3. The summed E-state index contributed by atoms with van der Waals surface area (Å²) in [6.45, 7) is 0.331. The van der Waals surface area contributed by atoms with Crippen LogP contribution >= 0.6 is 0 Å². The molecule has 0 heterocycles. The average Bonchev–Trinajstić information content (AvgIpc) is 2.15. The standard InChI is InChI=1S/C11H19F3O2/c1-2-3-4-5-6-7-10(15)8-16-9-11(12,13)14/h2-9H2,1H3. The van der Waals surface area contributed by atoms with E-state index in [1.807, 2.05) is 0 Å². The molecule has 0 atom stereocenters. The Morgan fingerprint density at radius 1 is 1.12 bits per heavy atom. The summed E-state index contributed by atoms with van der Waals surface area (Å²) >= 11 is 0. The number of ketones is 1.